The first-order valence-electron chi connectivity index (χ1n) is 12.7. The fourth-order valence-corrected chi connectivity index (χ4v) is 4.94. The minimum atomic E-state index is -1.74. The van der Waals surface area contributed by atoms with Gasteiger partial charge in [0.05, 0.1) is 24.4 Å². The Kier molecular flexibility index (Phi) is 8.96. The van der Waals surface area contributed by atoms with Gasteiger partial charge in [-0.3, -0.25) is 9.58 Å². The van der Waals surface area contributed by atoms with Gasteiger partial charge in [0.25, 0.3) is 0 Å². The van der Waals surface area contributed by atoms with E-state index in [4.69, 9.17) is 14.3 Å². The van der Waals surface area contributed by atoms with Crippen molar-refractivity contribution < 1.29 is 14.0 Å². The predicted molar refractivity (Wildman–Crippen MR) is 144 cm³/mol. The second-order valence-electron chi connectivity index (χ2n) is 10.5. The first-order chi connectivity index (χ1) is 16.6. The highest BCUT2D eigenvalue weighted by atomic mass is 28.4. The van der Waals surface area contributed by atoms with E-state index in [0.29, 0.717) is 12.2 Å². The lowest BCUT2D eigenvalue weighted by atomic mass is 10.2. The quantitative estimate of drug-likeness (QED) is 0.236. The summed E-state index contributed by atoms with van der Waals surface area (Å²) in [7, 11) is -1.74. The average molecular weight is 499 g/mol. The third kappa shape index (κ3) is 6.62. The second-order valence-corrected chi connectivity index (χ2v) is 15.3. The second kappa shape index (κ2) is 11.5. The summed E-state index contributed by atoms with van der Waals surface area (Å²) in [4.78, 5) is 15.1. The molecule has 192 valence electrons. The molecule has 0 unspecified atom stereocenters. The van der Waals surface area contributed by atoms with E-state index >= 15 is 0 Å². The fraction of sp³-hybridized carbons (Fsp3) is 0.556. The van der Waals surface area contributed by atoms with Crippen molar-refractivity contribution in [3.8, 4) is 11.4 Å². The Hall–Kier alpha value is -2.42. The molecule has 0 spiro atoms. The lowest BCUT2D eigenvalue weighted by molar-refractivity contribution is 0.0527. The molecule has 0 amide bonds. The first kappa shape index (κ1) is 27.2. The van der Waals surface area contributed by atoms with E-state index in [-0.39, 0.29) is 11.0 Å². The Balaban J connectivity index is 1.70. The first-order valence-corrected chi connectivity index (χ1v) is 15.7. The van der Waals surface area contributed by atoms with Crippen LogP contribution in [-0.4, -0.2) is 66.2 Å². The number of carbonyl (C=O) groups is 1. The molecule has 0 aliphatic heterocycles. The summed E-state index contributed by atoms with van der Waals surface area (Å²) < 4.78 is 15.7. The molecule has 3 aromatic rings. The molecule has 0 saturated carbocycles. The van der Waals surface area contributed by atoms with Crippen LogP contribution in [-0.2, 0) is 15.7 Å². The normalized spacial score (nSPS) is 12.6. The Bertz CT molecular complexity index is 1110. The van der Waals surface area contributed by atoms with E-state index in [1.807, 2.05) is 58.7 Å². The van der Waals surface area contributed by atoms with Crippen molar-refractivity contribution in [3.63, 3.8) is 0 Å². The summed E-state index contributed by atoms with van der Waals surface area (Å²) in [6.45, 7) is 20.2. The third-order valence-corrected chi connectivity index (χ3v) is 11.5. The van der Waals surface area contributed by atoms with Crippen molar-refractivity contribution in [1.82, 2.24) is 19.1 Å². The molecule has 0 radical (unpaired) electrons. The van der Waals surface area contributed by atoms with E-state index in [1.165, 1.54) is 0 Å². The number of hydrogen-bond acceptors (Lipinski definition) is 5. The minimum absolute atomic E-state index is 0.222. The predicted octanol–water partition coefficient (Wildman–Crippen LogP) is 5.71. The topological polar surface area (TPSA) is 61.0 Å². The fourth-order valence-electron chi connectivity index (χ4n) is 3.90. The SMILES string of the molecule is CCCN(CCO[Si](C)(C)C(C)(C)C)CCn1ccc(-c2c(C(=O)OCC)cc3ccccn23)n1. The largest absolute Gasteiger partial charge is 0.462 e. The molecule has 0 atom stereocenters. The summed E-state index contributed by atoms with van der Waals surface area (Å²) in [5, 5.41) is 5.05. The smallest absolute Gasteiger partial charge is 0.340 e. The molecule has 0 bridgehead atoms. The maximum atomic E-state index is 12.6. The zero-order chi connectivity index (χ0) is 25.6. The van der Waals surface area contributed by atoms with E-state index in [2.05, 4.69) is 45.7 Å². The Morgan fingerprint density at radius 2 is 1.86 bits per heavy atom. The number of ether oxygens (including phenoxy) is 1. The van der Waals surface area contributed by atoms with Crippen LogP contribution in [0.2, 0.25) is 18.1 Å². The van der Waals surface area contributed by atoms with Gasteiger partial charge in [0.1, 0.15) is 5.69 Å². The Morgan fingerprint density at radius 1 is 1.09 bits per heavy atom. The van der Waals surface area contributed by atoms with Crippen LogP contribution in [0.1, 0.15) is 51.4 Å². The van der Waals surface area contributed by atoms with E-state index in [1.54, 1.807) is 0 Å². The monoisotopic (exact) mass is 498 g/mol. The van der Waals surface area contributed by atoms with Crippen LogP contribution in [0.3, 0.4) is 0 Å². The molecular formula is C27H42N4O3Si. The zero-order valence-corrected chi connectivity index (χ0v) is 23.5. The zero-order valence-electron chi connectivity index (χ0n) is 22.5. The summed E-state index contributed by atoms with van der Waals surface area (Å²) in [5.41, 5.74) is 3.02. The molecule has 0 aromatic carbocycles. The van der Waals surface area contributed by atoms with Gasteiger partial charge >= 0.3 is 5.97 Å². The molecule has 0 aliphatic rings. The van der Waals surface area contributed by atoms with Gasteiger partial charge in [0, 0.05) is 37.6 Å². The van der Waals surface area contributed by atoms with Crippen LogP contribution in [0.4, 0.5) is 0 Å². The summed E-state index contributed by atoms with van der Waals surface area (Å²) in [5.74, 6) is -0.323. The van der Waals surface area contributed by atoms with Crippen molar-refractivity contribution in [2.24, 2.45) is 0 Å². The van der Waals surface area contributed by atoms with E-state index in [0.717, 1.165) is 56.1 Å². The molecule has 35 heavy (non-hydrogen) atoms. The number of carbonyl (C=O) groups excluding carboxylic acids is 1. The number of rotatable bonds is 12. The molecule has 8 heteroatoms. The number of esters is 1. The summed E-state index contributed by atoms with van der Waals surface area (Å²) >= 11 is 0. The van der Waals surface area contributed by atoms with Crippen LogP contribution in [0.15, 0.2) is 42.7 Å². The molecule has 3 rings (SSSR count). The van der Waals surface area contributed by atoms with Gasteiger partial charge < -0.3 is 13.6 Å². The van der Waals surface area contributed by atoms with Gasteiger partial charge in [0.15, 0.2) is 8.32 Å². The standard InChI is InChI=1S/C27H42N4O3Si/c1-8-14-29(19-20-34-35(6,7)27(3,4)5)17-18-30-16-13-24(28-30)25-23(26(32)33-9-2)21-22-12-10-11-15-31(22)25/h10-13,15-16,21H,8-9,14,17-20H2,1-7H3. The van der Waals surface area contributed by atoms with Crippen molar-refractivity contribution >= 4 is 19.8 Å². The number of aromatic nitrogens is 3. The molecule has 3 heterocycles. The van der Waals surface area contributed by atoms with Crippen LogP contribution in [0.25, 0.3) is 16.9 Å². The molecule has 0 N–H and O–H groups in total. The molecule has 0 fully saturated rings. The highest BCUT2D eigenvalue weighted by Gasteiger charge is 2.37. The lowest BCUT2D eigenvalue weighted by Crippen LogP contribution is -2.43. The van der Waals surface area contributed by atoms with Gasteiger partial charge in [-0.05, 0) is 62.3 Å². The lowest BCUT2D eigenvalue weighted by Gasteiger charge is -2.36. The van der Waals surface area contributed by atoms with Crippen molar-refractivity contribution in [3.05, 3.63) is 48.3 Å². The Labute approximate surface area is 211 Å². The van der Waals surface area contributed by atoms with Crippen LogP contribution in [0.5, 0.6) is 0 Å². The van der Waals surface area contributed by atoms with E-state index in [9.17, 15) is 4.79 Å². The van der Waals surface area contributed by atoms with Crippen LogP contribution in [0, 0.1) is 0 Å². The molecule has 0 saturated heterocycles. The van der Waals surface area contributed by atoms with Gasteiger partial charge in [-0.15, -0.1) is 0 Å². The Morgan fingerprint density at radius 3 is 2.54 bits per heavy atom. The van der Waals surface area contributed by atoms with E-state index < -0.39 is 8.32 Å². The van der Waals surface area contributed by atoms with Gasteiger partial charge in [-0.1, -0.05) is 33.8 Å². The molecule has 0 aliphatic carbocycles. The minimum Gasteiger partial charge on any atom is -0.462 e. The van der Waals surface area contributed by atoms with Crippen molar-refractivity contribution in [1.29, 1.82) is 0 Å². The number of fused-ring (bicyclic) bond motifs is 1. The number of hydrogen-bond donors (Lipinski definition) is 0. The van der Waals surface area contributed by atoms with Gasteiger partial charge in [0.2, 0.25) is 0 Å². The van der Waals surface area contributed by atoms with Gasteiger partial charge in [-0.25, -0.2) is 4.79 Å². The van der Waals surface area contributed by atoms with Gasteiger partial charge in [-0.2, -0.15) is 5.10 Å². The maximum absolute atomic E-state index is 12.6. The third-order valence-electron chi connectivity index (χ3n) is 6.92. The summed E-state index contributed by atoms with van der Waals surface area (Å²) in [6.07, 6.45) is 5.05. The molecular weight excluding hydrogens is 456 g/mol. The molecule has 3 aromatic heterocycles. The van der Waals surface area contributed by atoms with Crippen LogP contribution >= 0.6 is 0 Å². The maximum Gasteiger partial charge on any atom is 0.340 e. The van der Waals surface area contributed by atoms with Crippen molar-refractivity contribution in [2.45, 2.75) is 65.7 Å². The highest BCUT2D eigenvalue weighted by Crippen LogP contribution is 2.36. The molecule has 7 nitrogen and oxygen atoms in total. The summed E-state index contributed by atoms with van der Waals surface area (Å²) in [6, 6.07) is 9.75. The van der Waals surface area contributed by atoms with Crippen LogP contribution < -0.4 is 0 Å². The highest BCUT2D eigenvalue weighted by molar-refractivity contribution is 6.74. The number of pyridine rings is 1. The number of nitrogens with zero attached hydrogens (tertiary/aromatic N) is 4. The van der Waals surface area contributed by atoms with Crippen molar-refractivity contribution in [2.75, 3.05) is 32.8 Å². The average Bonchev–Trinajstić information content (AvgIpc) is 3.41.